The molecule has 2 aromatic heterocycles. The second-order valence-corrected chi connectivity index (χ2v) is 7.47. The van der Waals surface area contributed by atoms with Gasteiger partial charge in [0.05, 0.1) is 24.9 Å². The zero-order valence-electron chi connectivity index (χ0n) is 14.3. The molecule has 0 unspecified atom stereocenters. The zero-order valence-corrected chi connectivity index (χ0v) is 14.3. The van der Waals surface area contributed by atoms with Gasteiger partial charge in [0.1, 0.15) is 0 Å². The molecule has 1 fully saturated rings. The van der Waals surface area contributed by atoms with E-state index in [2.05, 4.69) is 15.3 Å². The van der Waals surface area contributed by atoms with Crippen LogP contribution in [0.4, 0.5) is 0 Å². The minimum atomic E-state index is -0.0160. The first kappa shape index (κ1) is 15.1. The van der Waals surface area contributed by atoms with Crippen molar-refractivity contribution >= 4 is 5.91 Å². The van der Waals surface area contributed by atoms with Gasteiger partial charge in [0.15, 0.2) is 5.69 Å². The Morgan fingerprint density at radius 3 is 3.12 bits per heavy atom. The van der Waals surface area contributed by atoms with Crippen molar-refractivity contribution in [2.24, 2.45) is 5.92 Å². The van der Waals surface area contributed by atoms with Crippen molar-refractivity contribution in [3.05, 3.63) is 34.9 Å². The van der Waals surface area contributed by atoms with Gasteiger partial charge in [0.2, 0.25) is 0 Å². The van der Waals surface area contributed by atoms with Crippen LogP contribution in [0.15, 0.2) is 12.3 Å². The van der Waals surface area contributed by atoms with Gasteiger partial charge >= 0.3 is 0 Å². The highest BCUT2D eigenvalue weighted by Gasteiger charge is 2.32. The molecule has 132 valence electrons. The third-order valence-corrected chi connectivity index (χ3v) is 5.52. The standard InChI is InChI=1S/C18H23N5O2/c24-18(17-15-2-1-3-16(15)20-21-17)22-8-13-6-7-19-23(13)10-14(9-22)25-11-12-4-5-12/h6-7,12,14H,1-5,8-11H2,(H,20,21)/t14-/m0/s1. The number of carbonyl (C=O) groups is 1. The van der Waals surface area contributed by atoms with E-state index in [0.29, 0.717) is 31.2 Å². The molecule has 1 amide bonds. The van der Waals surface area contributed by atoms with Crippen LogP contribution in [0.5, 0.6) is 0 Å². The first-order chi connectivity index (χ1) is 12.3. The molecule has 5 rings (SSSR count). The lowest BCUT2D eigenvalue weighted by atomic mass is 10.1. The van der Waals surface area contributed by atoms with E-state index in [-0.39, 0.29) is 12.0 Å². The van der Waals surface area contributed by atoms with Gasteiger partial charge in [-0.3, -0.25) is 14.6 Å². The summed E-state index contributed by atoms with van der Waals surface area (Å²) in [5.74, 6) is 0.716. The summed E-state index contributed by atoms with van der Waals surface area (Å²) in [4.78, 5) is 15.0. The largest absolute Gasteiger partial charge is 0.374 e. The molecule has 0 saturated heterocycles. The van der Waals surface area contributed by atoms with Gasteiger partial charge in [-0.2, -0.15) is 10.2 Å². The third kappa shape index (κ3) is 2.86. The highest BCUT2D eigenvalue weighted by molar-refractivity contribution is 5.94. The van der Waals surface area contributed by atoms with Crippen LogP contribution in [-0.4, -0.2) is 50.0 Å². The van der Waals surface area contributed by atoms with Crippen molar-refractivity contribution in [1.82, 2.24) is 24.9 Å². The van der Waals surface area contributed by atoms with E-state index in [1.165, 1.54) is 12.8 Å². The number of hydrogen-bond donors (Lipinski definition) is 1. The zero-order chi connectivity index (χ0) is 16.8. The molecule has 2 aliphatic carbocycles. The van der Waals surface area contributed by atoms with Crippen molar-refractivity contribution in [2.75, 3.05) is 13.2 Å². The average molecular weight is 341 g/mol. The molecule has 1 atom stereocenters. The van der Waals surface area contributed by atoms with Crippen molar-refractivity contribution < 1.29 is 9.53 Å². The molecule has 0 aromatic carbocycles. The monoisotopic (exact) mass is 341 g/mol. The highest BCUT2D eigenvalue weighted by Crippen LogP contribution is 2.30. The van der Waals surface area contributed by atoms with E-state index in [1.807, 2.05) is 15.6 Å². The quantitative estimate of drug-likeness (QED) is 0.915. The maximum absolute atomic E-state index is 13.2. The van der Waals surface area contributed by atoms with E-state index < -0.39 is 0 Å². The normalized spacial score (nSPS) is 22.6. The Hall–Kier alpha value is -2.15. The number of aromatic amines is 1. The molecule has 25 heavy (non-hydrogen) atoms. The van der Waals surface area contributed by atoms with E-state index in [1.54, 1.807) is 6.20 Å². The fourth-order valence-electron chi connectivity index (χ4n) is 3.88. The SMILES string of the molecule is O=C(c1n[nH]c2c1CCC2)N1Cc2ccnn2C[C@@H](OCC2CC2)C1. The molecule has 0 radical (unpaired) electrons. The Bertz CT molecular complexity index is 791. The Labute approximate surface area is 146 Å². The number of H-pyrrole nitrogens is 1. The maximum atomic E-state index is 13.2. The van der Waals surface area contributed by atoms with Gasteiger partial charge in [-0.15, -0.1) is 0 Å². The van der Waals surface area contributed by atoms with Crippen LogP contribution in [0.2, 0.25) is 0 Å². The molecule has 0 bridgehead atoms. The molecule has 1 aliphatic heterocycles. The lowest BCUT2D eigenvalue weighted by Gasteiger charge is -2.24. The minimum absolute atomic E-state index is 0.00840. The molecule has 3 heterocycles. The van der Waals surface area contributed by atoms with Gasteiger partial charge in [-0.05, 0) is 44.1 Å². The number of hydrogen-bond acceptors (Lipinski definition) is 4. The maximum Gasteiger partial charge on any atom is 0.275 e. The van der Waals surface area contributed by atoms with Crippen molar-refractivity contribution in [3.63, 3.8) is 0 Å². The predicted molar refractivity (Wildman–Crippen MR) is 90.0 cm³/mol. The van der Waals surface area contributed by atoms with Gasteiger partial charge in [0, 0.05) is 30.6 Å². The molecular formula is C18H23N5O2. The Kier molecular flexibility index (Phi) is 3.62. The lowest BCUT2D eigenvalue weighted by molar-refractivity contribution is 0.0135. The summed E-state index contributed by atoms with van der Waals surface area (Å²) >= 11 is 0. The summed E-state index contributed by atoms with van der Waals surface area (Å²) < 4.78 is 8.09. The molecule has 3 aliphatic rings. The smallest absolute Gasteiger partial charge is 0.275 e. The van der Waals surface area contributed by atoms with Crippen molar-refractivity contribution in [2.45, 2.75) is 51.3 Å². The molecule has 1 saturated carbocycles. The molecule has 2 aromatic rings. The van der Waals surface area contributed by atoms with Crippen LogP contribution in [0, 0.1) is 5.92 Å². The molecule has 1 N–H and O–H groups in total. The van der Waals surface area contributed by atoms with Crippen LogP contribution < -0.4 is 0 Å². The van der Waals surface area contributed by atoms with E-state index in [0.717, 1.165) is 42.8 Å². The average Bonchev–Trinajstić information content (AvgIpc) is 2.99. The number of nitrogens with one attached hydrogen (secondary N) is 1. The minimum Gasteiger partial charge on any atom is -0.374 e. The summed E-state index contributed by atoms with van der Waals surface area (Å²) in [5.41, 5.74) is 3.89. The summed E-state index contributed by atoms with van der Waals surface area (Å²) in [6.07, 6.45) is 7.36. The number of nitrogens with zero attached hydrogens (tertiary/aromatic N) is 4. The first-order valence-electron chi connectivity index (χ1n) is 9.25. The summed E-state index contributed by atoms with van der Waals surface area (Å²) in [5, 5.41) is 11.8. The van der Waals surface area contributed by atoms with Crippen LogP contribution >= 0.6 is 0 Å². The number of amides is 1. The van der Waals surface area contributed by atoms with Crippen LogP contribution in [0.25, 0.3) is 0 Å². The van der Waals surface area contributed by atoms with Gasteiger partial charge < -0.3 is 9.64 Å². The van der Waals surface area contributed by atoms with Gasteiger partial charge in [0.25, 0.3) is 5.91 Å². The van der Waals surface area contributed by atoms with E-state index in [9.17, 15) is 4.79 Å². The Morgan fingerprint density at radius 1 is 1.32 bits per heavy atom. The highest BCUT2D eigenvalue weighted by atomic mass is 16.5. The van der Waals surface area contributed by atoms with Crippen molar-refractivity contribution in [1.29, 1.82) is 0 Å². The number of ether oxygens (including phenoxy) is 1. The number of carbonyl (C=O) groups excluding carboxylic acids is 1. The third-order valence-electron chi connectivity index (χ3n) is 5.52. The number of fused-ring (bicyclic) bond motifs is 2. The van der Waals surface area contributed by atoms with Crippen LogP contribution in [-0.2, 0) is 30.7 Å². The first-order valence-corrected chi connectivity index (χ1v) is 9.25. The second kappa shape index (κ2) is 5.98. The summed E-state index contributed by atoms with van der Waals surface area (Å²) in [6, 6.07) is 1.98. The Balaban J connectivity index is 1.39. The summed E-state index contributed by atoms with van der Waals surface area (Å²) in [6.45, 7) is 2.65. The van der Waals surface area contributed by atoms with Gasteiger partial charge in [-0.25, -0.2) is 0 Å². The molecular weight excluding hydrogens is 318 g/mol. The topological polar surface area (TPSA) is 76.0 Å². The second-order valence-electron chi connectivity index (χ2n) is 7.47. The van der Waals surface area contributed by atoms with Crippen molar-refractivity contribution in [3.8, 4) is 0 Å². The summed E-state index contributed by atoms with van der Waals surface area (Å²) in [7, 11) is 0. The fraction of sp³-hybridized carbons (Fsp3) is 0.611. The molecule has 7 nitrogen and oxygen atoms in total. The molecule has 7 heteroatoms. The fourth-order valence-corrected chi connectivity index (χ4v) is 3.88. The van der Waals surface area contributed by atoms with E-state index in [4.69, 9.17) is 4.74 Å². The number of aryl methyl sites for hydroxylation is 1. The number of rotatable bonds is 4. The Morgan fingerprint density at radius 2 is 2.24 bits per heavy atom. The lowest BCUT2D eigenvalue weighted by Crippen LogP contribution is -2.38. The number of aromatic nitrogens is 4. The van der Waals surface area contributed by atoms with Crippen LogP contribution in [0.1, 0.15) is 46.7 Å². The predicted octanol–water partition coefficient (Wildman–Crippen LogP) is 1.55. The van der Waals surface area contributed by atoms with Crippen LogP contribution in [0.3, 0.4) is 0 Å². The molecule has 0 spiro atoms. The van der Waals surface area contributed by atoms with Gasteiger partial charge in [-0.1, -0.05) is 0 Å². The van der Waals surface area contributed by atoms with E-state index >= 15 is 0 Å².